The smallest absolute Gasteiger partial charge is 0.253 e. The molecule has 0 saturated carbocycles. The van der Waals surface area contributed by atoms with Gasteiger partial charge >= 0.3 is 0 Å². The standard InChI is InChI=1S/C16H23N3O2.C15H21NO2.2C2H6/c1-12-7-9-19(10-8-12)16(21)13-3-5-14(6-4-13)18-11-15(20)17-2;1-11-6-8-16(9-7-11)15(17)13-5-4-12(2)14(10-13)18-3;2*1-2/h3-6,12,18H,7-11H2,1-2H3,(H,17,20);4-5,10-11H,6-9H2,1-3H3;2*1-2H3. The molecule has 0 atom stereocenters. The highest BCUT2D eigenvalue weighted by Crippen LogP contribution is 2.23. The number of benzene rings is 2. The van der Waals surface area contributed by atoms with E-state index in [0.717, 1.165) is 80.3 Å². The minimum atomic E-state index is -0.0717. The summed E-state index contributed by atoms with van der Waals surface area (Å²) in [5.41, 5.74) is 3.32. The van der Waals surface area contributed by atoms with Crippen LogP contribution in [0.5, 0.6) is 5.75 Å². The van der Waals surface area contributed by atoms with Gasteiger partial charge in [0.25, 0.3) is 11.8 Å². The van der Waals surface area contributed by atoms with Gasteiger partial charge in [-0.15, -0.1) is 0 Å². The Labute approximate surface area is 260 Å². The van der Waals surface area contributed by atoms with Crippen LogP contribution in [0.4, 0.5) is 5.69 Å². The molecule has 2 saturated heterocycles. The molecule has 2 aliphatic rings. The Kier molecular flexibility index (Phi) is 17.8. The molecule has 2 aromatic carbocycles. The lowest BCUT2D eigenvalue weighted by Gasteiger charge is -2.30. The minimum Gasteiger partial charge on any atom is -0.496 e. The van der Waals surface area contributed by atoms with Crippen LogP contribution in [0, 0.1) is 18.8 Å². The van der Waals surface area contributed by atoms with E-state index in [9.17, 15) is 14.4 Å². The summed E-state index contributed by atoms with van der Waals surface area (Å²) >= 11 is 0. The third-order valence-electron chi connectivity index (χ3n) is 7.66. The van der Waals surface area contributed by atoms with Gasteiger partial charge in [-0.05, 0) is 86.4 Å². The Balaban J connectivity index is 0.000000389. The van der Waals surface area contributed by atoms with Gasteiger partial charge in [-0.3, -0.25) is 14.4 Å². The zero-order valence-electron chi connectivity index (χ0n) is 28.1. The van der Waals surface area contributed by atoms with Crippen molar-refractivity contribution in [1.82, 2.24) is 15.1 Å². The van der Waals surface area contributed by atoms with Crippen molar-refractivity contribution in [2.75, 3.05) is 52.2 Å². The maximum atomic E-state index is 12.4. The van der Waals surface area contributed by atoms with E-state index in [0.29, 0.717) is 11.5 Å². The van der Waals surface area contributed by atoms with Crippen LogP contribution in [-0.2, 0) is 4.79 Å². The number of amides is 3. The number of carbonyl (C=O) groups is 3. The molecule has 43 heavy (non-hydrogen) atoms. The fraction of sp³-hybridized carbons (Fsp3) is 0.571. The molecule has 0 bridgehead atoms. The predicted octanol–water partition coefficient (Wildman–Crippen LogP) is 6.64. The zero-order valence-corrected chi connectivity index (χ0v) is 28.1. The Bertz CT molecular complexity index is 1100. The van der Waals surface area contributed by atoms with Gasteiger partial charge in [-0.25, -0.2) is 0 Å². The molecule has 4 rings (SSSR count). The van der Waals surface area contributed by atoms with Crippen LogP contribution < -0.4 is 15.4 Å². The molecule has 0 unspecified atom stereocenters. The summed E-state index contributed by atoms with van der Waals surface area (Å²) in [6.07, 6.45) is 4.37. The number of methoxy groups -OCH3 is 1. The second-order valence-corrected chi connectivity index (χ2v) is 10.7. The first-order valence-electron chi connectivity index (χ1n) is 16.0. The normalized spacial score (nSPS) is 14.9. The highest BCUT2D eigenvalue weighted by Gasteiger charge is 2.22. The van der Waals surface area contributed by atoms with Gasteiger partial charge in [0.15, 0.2) is 0 Å². The Morgan fingerprint density at radius 2 is 1.21 bits per heavy atom. The molecule has 0 aromatic heterocycles. The average Bonchev–Trinajstić information content (AvgIpc) is 3.06. The van der Waals surface area contributed by atoms with Crippen LogP contribution in [-0.4, -0.2) is 74.4 Å². The molecule has 240 valence electrons. The Hall–Kier alpha value is -3.55. The molecule has 2 heterocycles. The van der Waals surface area contributed by atoms with Gasteiger partial charge in [0.05, 0.1) is 13.7 Å². The van der Waals surface area contributed by atoms with Crippen LogP contribution >= 0.6 is 0 Å². The number of hydrogen-bond donors (Lipinski definition) is 2. The number of carbonyl (C=O) groups excluding carboxylic acids is 3. The number of rotatable bonds is 6. The fourth-order valence-corrected chi connectivity index (χ4v) is 4.74. The van der Waals surface area contributed by atoms with Crippen LogP contribution in [0.2, 0.25) is 0 Å². The first-order chi connectivity index (χ1) is 20.7. The van der Waals surface area contributed by atoms with Gasteiger partial charge in [-0.1, -0.05) is 47.6 Å². The molecule has 8 nitrogen and oxygen atoms in total. The lowest BCUT2D eigenvalue weighted by molar-refractivity contribution is -0.118. The van der Waals surface area contributed by atoms with Crippen molar-refractivity contribution < 1.29 is 19.1 Å². The highest BCUT2D eigenvalue weighted by molar-refractivity contribution is 5.95. The van der Waals surface area contributed by atoms with Crippen molar-refractivity contribution in [1.29, 1.82) is 0 Å². The van der Waals surface area contributed by atoms with Crippen LogP contribution in [0.3, 0.4) is 0 Å². The van der Waals surface area contributed by atoms with E-state index in [1.54, 1.807) is 14.2 Å². The van der Waals surface area contributed by atoms with Gasteiger partial charge in [0, 0.05) is 50.0 Å². The predicted molar refractivity (Wildman–Crippen MR) is 178 cm³/mol. The van der Waals surface area contributed by atoms with Crippen LogP contribution in [0.15, 0.2) is 42.5 Å². The summed E-state index contributed by atoms with van der Waals surface area (Å²) in [7, 11) is 3.24. The molecule has 8 heteroatoms. The largest absolute Gasteiger partial charge is 0.496 e. The SMILES string of the molecule is CC.CC.CNC(=O)CNc1ccc(C(=O)N2CCC(C)CC2)cc1.COc1cc(C(=O)N2CCC(C)CC2)ccc1C. The number of anilines is 1. The van der Waals surface area contributed by atoms with E-state index < -0.39 is 0 Å². The van der Waals surface area contributed by atoms with Gasteiger partial charge in [-0.2, -0.15) is 0 Å². The minimum absolute atomic E-state index is 0.0717. The summed E-state index contributed by atoms with van der Waals surface area (Å²) in [6.45, 7) is 18.1. The van der Waals surface area contributed by atoms with E-state index in [1.165, 1.54) is 0 Å². The quantitative estimate of drug-likeness (QED) is 0.390. The van der Waals surface area contributed by atoms with E-state index in [1.807, 2.05) is 86.9 Å². The second-order valence-electron chi connectivity index (χ2n) is 10.7. The second kappa shape index (κ2) is 20.4. The molecule has 0 aliphatic carbocycles. The van der Waals surface area contributed by atoms with Gasteiger partial charge in [0.2, 0.25) is 5.91 Å². The van der Waals surface area contributed by atoms with E-state index in [-0.39, 0.29) is 24.3 Å². The molecular formula is C35H56N4O4. The zero-order chi connectivity index (χ0) is 32.4. The molecule has 2 N–H and O–H groups in total. The molecule has 2 fully saturated rings. The highest BCUT2D eigenvalue weighted by atomic mass is 16.5. The molecule has 0 radical (unpaired) electrons. The van der Waals surface area contributed by atoms with Crippen LogP contribution in [0.25, 0.3) is 0 Å². The van der Waals surface area contributed by atoms with Gasteiger partial charge < -0.3 is 25.2 Å². The number of nitrogens with zero attached hydrogens (tertiary/aromatic N) is 2. The number of aryl methyl sites for hydroxylation is 1. The third kappa shape index (κ3) is 12.3. The summed E-state index contributed by atoms with van der Waals surface area (Å²) in [6, 6.07) is 13.0. The molecule has 0 spiro atoms. The number of likely N-dealkylation sites (tertiary alicyclic amines) is 2. The molecule has 3 amide bonds. The maximum Gasteiger partial charge on any atom is 0.253 e. The topological polar surface area (TPSA) is 91.0 Å². The first kappa shape index (κ1) is 37.5. The van der Waals surface area contributed by atoms with Crippen molar-refractivity contribution in [2.24, 2.45) is 11.8 Å². The number of ether oxygens (including phenoxy) is 1. The average molecular weight is 597 g/mol. The lowest BCUT2D eigenvalue weighted by Crippen LogP contribution is -2.37. The van der Waals surface area contributed by atoms with Crippen molar-refractivity contribution in [3.63, 3.8) is 0 Å². The van der Waals surface area contributed by atoms with Gasteiger partial charge in [0.1, 0.15) is 5.75 Å². The first-order valence-corrected chi connectivity index (χ1v) is 16.0. The molecular weight excluding hydrogens is 540 g/mol. The third-order valence-corrected chi connectivity index (χ3v) is 7.66. The number of nitrogens with one attached hydrogen (secondary N) is 2. The van der Waals surface area contributed by atoms with Crippen molar-refractivity contribution in [2.45, 2.75) is 74.1 Å². The molecule has 2 aromatic rings. The number of likely N-dealkylation sites (N-methyl/N-ethyl adjacent to an activating group) is 1. The van der Waals surface area contributed by atoms with Crippen molar-refractivity contribution in [3.8, 4) is 5.75 Å². The van der Waals surface area contributed by atoms with Crippen molar-refractivity contribution in [3.05, 3.63) is 59.2 Å². The van der Waals surface area contributed by atoms with Crippen LogP contribution in [0.1, 0.15) is 93.5 Å². The Morgan fingerprint density at radius 3 is 1.65 bits per heavy atom. The number of piperidine rings is 2. The fourth-order valence-electron chi connectivity index (χ4n) is 4.74. The number of hydrogen-bond acceptors (Lipinski definition) is 5. The molecule has 2 aliphatic heterocycles. The summed E-state index contributed by atoms with van der Waals surface area (Å²) in [5, 5.41) is 5.56. The van der Waals surface area contributed by atoms with E-state index >= 15 is 0 Å². The van der Waals surface area contributed by atoms with Crippen molar-refractivity contribution >= 4 is 23.4 Å². The maximum absolute atomic E-state index is 12.4. The Morgan fingerprint density at radius 1 is 0.767 bits per heavy atom. The van der Waals surface area contributed by atoms with E-state index in [4.69, 9.17) is 4.74 Å². The summed E-state index contributed by atoms with van der Waals surface area (Å²) < 4.78 is 5.27. The monoisotopic (exact) mass is 596 g/mol. The summed E-state index contributed by atoms with van der Waals surface area (Å²) in [4.78, 5) is 39.8. The summed E-state index contributed by atoms with van der Waals surface area (Å²) in [5.74, 6) is 2.38. The lowest BCUT2D eigenvalue weighted by atomic mass is 9.98. The van der Waals surface area contributed by atoms with E-state index in [2.05, 4.69) is 24.5 Å².